The summed E-state index contributed by atoms with van der Waals surface area (Å²) in [6.45, 7) is 3.30. The zero-order chi connectivity index (χ0) is 34.3. The van der Waals surface area contributed by atoms with E-state index in [2.05, 4.69) is 4.98 Å². The number of halogens is 2. The van der Waals surface area contributed by atoms with E-state index < -0.39 is 23.7 Å². The molecule has 1 aliphatic rings. The number of Topliss-reactive ketones (excluding diaryl/α,β-unsaturated/α-hetero) is 1. The van der Waals surface area contributed by atoms with E-state index in [9.17, 15) is 18.4 Å². The van der Waals surface area contributed by atoms with Crippen LogP contribution in [-0.4, -0.2) is 58.4 Å². The fraction of sp³-hybridized carbons (Fsp3) is 0.263. The number of ketones is 1. The van der Waals surface area contributed by atoms with Gasteiger partial charge in [0.2, 0.25) is 0 Å². The summed E-state index contributed by atoms with van der Waals surface area (Å²) in [5.74, 6) is -2.86. The number of hydroxylamine groups is 2. The highest BCUT2D eigenvalue weighted by Gasteiger charge is 2.37. The molecular weight excluding hydrogens is 630 g/mol. The van der Waals surface area contributed by atoms with E-state index in [1.54, 1.807) is 29.0 Å². The number of carbonyl (C=O) groups excluding carboxylic acids is 2. The molecule has 0 spiro atoms. The molecule has 0 saturated carbocycles. The quantitative estimate of drug-likeness (QED) is 0.129. The molecule has 9 nitrogen and oxygen atoms in total. The van der Waals surface area contributed by atoms with E-state index in [4.69, 9.17) is 19.4 Å². The van der Waals surface area contributed by atoms with Gasteiger partial charge >= 0.3 is 5.97 Å². The predicted octanol–water partition coefficient (Wildman–Crippen LogP) is 6.63. The third-order valence-electron chi connectivity index (χ3n) is 8.50. The van der Waals surface area contributed by atoms with E-state index >= 15 is 0 Å². The molecule has 5 aromatic rings. The van der Waals surface area contributed by atoms with E-state index in [-0.39, 0.29) is 36.8 Å². The minimum absolute atomic E-state index is 0.0594. The Morgan fingerprint density at radius 2 is 1.71 bits per heavy atom. The number of para-hydroxylation sites is 1. The number of methoxy groups -OCH3 is 1. The van der Waals surface area contributed by atoms with Crippen LogP contribution in [0.1, 0.15) is 45.4 Å². The fourth-order valence-electron chi connectivity index (χ4n) is 6.01. The number of pyridine rings is 1. The Morgan fingerprint density at radius 3 is 2.45 bits per heavy atom. The molecule has 1 fully saturated rings. The van der Waals surface area contributed by atoms with Crippen molar-refractivity contribution in [3.8, 4) is 16.9 Å². The molecule has 0 bridgehead atoms. The molecule has 2 atom stereocenters. The van der Waals surface area contributed by atoms with E-state index in [0.717, 1.165) is 28.9 Å². The first kappa shape index (κ1) is 33.8. The second-order valence-electron chi connectivity index (χ2n) is 11.9. The van der Waals surface area contributed by atoms with Crippen molar-refractivity contribution in [3.05, 3.63) is 137 Å². The Balaban J connectivity index is 1.25. The van der Waals surface area contributed by atoms with Crippen molar-refractivity contribution in [1.82, 2.24) is 19.8 Å². The lowest BCUT2D eigenvalue weighted by atomic mass is 9.90. The van der Waals surface area contributed by atoms with Crippen molar-refractivity contribution in [2.45, 2.75) is 32.5 Å². The zero-order valence-electron chi connectivity index (χ0n) is 27.2. The van der Waals surface area contributed by atoms with E-state index in [1.165, 1.54) is 12.3 Å². The molecule has 11 heteroatoms. The largest absolute Gasteiger partial charge is 0.456 e. The van der Waals surface area contributed by atoms with Gasteiger partial charge in [-0.1, -0.05) is 54.6 Å². The van der Waals surface area contributed by atoms with Gasteiger partial charge in [0.15, 0.2) is 11.6 Å². The average Bonchev–Trinajstić information content (AvgIpc) is 3.68. The first-order valence-corrected chi connectivity index (χ1v) is 16.0. The number of carbonyl (C=O) groups is 2. The number of nitrogens with zero attached hydrogens (tertiary/aromatic N) is 4. The SMILES string of the molecule is COCCN1C[C@@H](CC(=O)Cc2c(C)c(-c3ccnc(C(=O)OCc4ccccc4)c3)nn2-c2ccccc2)[C@H](c2ccc(F)c(F)c2)O1. The molecule has 2 aromatic heterocycles. The van der Waals surface area contributed by atoms with E-state index in [1.807, 2.05) is 67.6 Å². The number of hydrogen-bond acceptors (Lipinski definition) is 8. The first-order chi connectivity index (χ1) is 23.8. The van der Waals surface area contributed by atoms with Gasteiger partial charge in [0, 0.05) is 50.7 Å². The van der Waals surface area contributed by atoms with Crippen molar-refractivity contribution in [3.63, 3.8) is 0 Å². The standard InChI is InChI=1S/C38H36F2N4O5/c1-25-35(22-31(45)19-29-23-43(17-18-47-2)49-37(29)28-13-14-32(39)33(40)20-28)44(30-11-7-4-8-12-30)42-36(25)27-15-16-41-34(21-27)38(46)48-24-26-9-5-3-6-10-26/h3-16,20-21,29,37H,17-19,22-24H2,1-2H3/t29-,37+/m1/s1. The van der Waals surface area contributed by atoms with Crippen molar-refractivity contribution in [2.24, 2.45) is 5.92 Å². The molecule has 252 valence electrons. The maximum Gasteiger partial charge on any atom is 0.357 e. The predicted molar refractivity (Wildman–Crippen MR) is 178 cm³/mol. The Bertz CT molecular complexity index is 1920. The molecule has 0 radical (unpaired) electrons. The van der Waals surface area contributed by atoms with Crippen LogP contribution in [0.3, 0.4) is 0 Å². The van der Waals surface area contributed by atoms with Gasteiger partial charge in [0.25, 0.3) is 0 Å². The topological polar surface area (TPSA) is 95.8 Å². The van der Waals surface area contributed by atoms with Crippen molar-refractivity contribution >= 4 is 11.8 Å². The number of aromatic nitrogens is 3. The highest BCUT2D eigenvalue weighted by Crippen LogP contribution is 2.37. The molecule has 0 N–H and O–H groups in total. The van der Waals surface area contributed by atoms with E-state index in [0.29, 0.717) is 42.2 Å². The zero-order valence-corrected chi connectivity index (χ0v) is 27.2. The average molecular weight is 667 g/mol. The molecule has 3 heterocycles. The maximum atomic E-state index is 14.2. The Morgan fingerprint density at radius 1 is 0.959 bits per heavy atom. The molecule has 6 rings (SSSR count). The van der Waals surface area contributed by atoms with Crippen LogP contribution in [0, 0.1) is 24.5 Å². The molecule has 1 aliphatic heterocycles. The summed E-state index contributed by atoms with van der Waals surface area (Å²) in [5, 5.41) is 6.62. The van der Waals surface area contributed by atoms with Gasteiger partial charge in [-0.25, -0.2) is 23.2 Å². The van der Waals surface area contributed by atoms with Gasteiger partial charge in [-0.3, -0.25) is 9.63 Å². The van der Waals surface area contributed by atoms with Crippen LogP contribution in [0.4, 0.5) is 8.78 Å². The van der Waals surface area contributed by atoms with Crippen LogP contribution in [0.15, 0.2) is 97.2 Å². The Labute approximate surface area is 283 Å². The maximum absolute atomic E-state index is 14.2. The number of esters is 1. The summed E-state index contributed by atoms with van der Waals surface area (Å²) in [6.07, 6.45) is 1.09. The summed E-state index contributed by atoms with van der Waals surface area (Å²) >= 11 is 0. The summed E-state index contributed by atoms with van der Waals surface area (Å²) in [7, 11) is 1.58. The Hall–Kier alpha value is -5.10. The van der Waals surface area contributed by atoms with Gasteiger partial charge in [-0.05, 0) is 60.0 Å². The molecule has 1 saturated heterocycles. The first-order valence-electron chi connectivity index (χ1n) is 16.0. The molecular formula is C38H36F2N4O5. The highest BCUT2D eigenvalue weighted by molar-refractivity contribution is 5.89. The summed E-state index contributed by atoms with van der Waals surface area (Å²) < 4.78 is 40.4. The lowest BCUT2D eigenvalue weighted by Gasteiger charge is -2.18. The number of ether oxygens (including phenoxy) is 2. The van der Waals surface area contributed by atoms with Crippen molar-refractivity contribution < 1.29 is 32.7 Å². The van der Waals surface area contributed by atoms with Gasteiger partial charge in [0.05, 0.1) is 23.7 Å². The van der Waals surface area contributed by atoms with Crippen LogP contribution in [-0.2, 0) is 32.1 Å². The van der Waals surface area contributed by atoms with Crippen molar-refractivity contribution in [1.29, 1.82) is 0 Å². The molecule has 0 amide bonds. The lowest BCUT2D eigenvalue weighted by molar-refractivity contribution is -0.155. The second-order valence-corrected chi connectivity index (χ2v) is 11.9. The summed E-state index contributed by atoms with van der Waals surface area (Å²) in [6, 6.07) is 26.0. The fourth-order valence-corrected chi connectivity index (χ4v) is 6.01. The number of rotatable bonds is 13. The third-order valence-corrected chi connectivity index (χ3v) is 8.50. The highest BCUT2D eigenvalue weighted by atomic mass is 19.2. The van der Waals surface area contributed by atoms with Gasteiger partial charge in [-0.2, -0.15) is 10.2 Å². The van der Waals surface area contributed by atoms with Gasteiger partial charge in [-0.15, -0.1) is 0 Å². The van der Waals surface area contributed by atoms with Crippen LogP contribution in [0.25, 0.3) is 16.9 Å². The molecule has 0 unspecified atom stereocenters. The molecule has 0 aliphatic carbocycles. The second kappa shape index (κ2) is 15.4. The van der Waals surface area contributed by atoms with Crippen LogP contribution in [0.5, 0.6) is 0 Å². The van der Waals surface area contributed by atoms with Crippen LogP contribution in [0.2, 0.25) is 0 Å². The minimum Gasteiger partial charge on any atom is -0.456 e. The summed E-state index contributed by atoms with van der Waals surface area (Å²) in [5.41, 5.74) is 4.94. The normalized spacial score (nSPS) is 16.2. The monoisotopic (exact) mass is 666 g/mol. The smallest absolute Gasteiger partial charge is 0.357 e. The van der Waals surface area contributed by atoms with Crippen LogP contribution >= 0.6 is 0 Å². The molecule has 3 aromatic carbocycles. The summed E-state index contributed by atoms with van der Waals surface area (Å²) in [4.78, 5) is 37.1. The van der Waals surface area contributed by atoms with Gasteiger partial charge < -0.3 is 9.47 Å². The number of benzene rings is 3. The number of hydrogen-bond donors (Lipinski definition) is 0. The molecule has 49 heavy (non-hydrogen) atoms. The Kier molecular flexibility index (Phi) is 10.6. The van der Waals surface area contributed by atoms with Crippen LogP contribution < -0.4 is 0 Å². The minimum atomic E-state index is -0.972. The van der Waals surface area contributed by atoms with Gasteiger partial charge in [0.1, 0.15) is 24.2 Å². The third kappa shape index (κ3) is 7.97. The lowest BCUT2D eigenvalue weighted by Crippen LogP contribution is -2.24. The van der Waals surface area contributed by atoms with Crippen molar-refractivity contribution in [2.75, 3.05) is 26.8 Å².